The Morgan fingerprint density at radius 3 is 1.12 bits per heavy atom. The Morgan fingerprint density at radius 1 is 0.383 bits per heavy atom. The maximum absolute atomic E-state index is 2.58. The van der Waals surface area contributed by atoms with Crippen LogP contribution in [0.15, 0.2) is 121 Å². The Kier molecular flexibility index (Phi) is 9.36. The summed E-state index contributed by atoms with van der Waals surface area (Å²) in [5.41, 5.74) is 28.3. The molecule has 300 valence electrons. The lowest BCUT2D eigenvalue weighted by Crippen LogP contribution is -2.61. The molecule has 0 radical (unpaired) electrons. The molecule has 0 saturated carbocycles. The second-order valence-corrected chi connectivity index (χ2v) is 20.0. The number of anilines is 6. The quantitative estimate of drug-likeness (QED) is 0.164. The second-order valence-electron chi connectivity index (χ2n) is 20.0. The van der Waals surface area contributed by atoms with Crippen molar-refractivity contribution in [2.45, 2.75) is 101 Å². The summed E-state index contributed by atoms with van der Waals surface area (Å²) in [4.78, 5) is 5.16. The van der Waals surface area contributed by atoms with Crippen LogP contribution in [0.5, 0.6) is 0 Å². The first kappa shape index (κ1) is 39.7. The number of nitrogens with zero attached hydrogens (tertiary/aromatic N) is 2. The zero-order valence-electron chi connectivity index (χ0n) is 38.0. The summed E-state index contributed by atoms with van der Waals surface area (Å²) < 4.78 is 0. The van der Waals surface area contributed by atoms with Crippen molar-refractivity contribution < 1.29 is 0 Å². The van der Waals surface area contributed by atoms with Gasteiger partial charge < -0.3 is 9.80 Å². The predicted molar refractivity (Wildman–Crippen MR) is 262 cm³/mol. The van der Waals surface area contributed by atoms with Crippen LogP contribution in [-0.2, 0) is 10.8 Å². The van der Waals surface area contributed by atoms with Gasteiger partial charge in [0.2, 0.25) is 0 Å². The van der Waals surface area contributed by atoms with E-state index in [9.17, 15) is 0 Å². The van der Waals surface area contributed by atoms with E-state index in [4.69, 9.17) is 0 Å². The van der Waals surface area contributed by atoms with Gasteiger partial charge in [0.05, 0.1) is 0 Å². The van der Waals surface area contributed by atoms with Crippen LogP contribution in [0.1, 0.15) is 91.6 Å². The average Bonchev–Trinajstić information content (AvgIpc) is 3.16. The number of benzene rings is 7. The zero-order valence-corrected chi connectivity index (χ0v) is 38.0. The fraction of sp³-hybridized carbons (Fsp3) is 0.263. The van der Waals surface area contributed by atoms with Crippen LogP contribution in [-0.4, -0.2) is 6.71 Å². The molecule has 2 heterocycles. The van der Waals surface area contributed by atoms with Gasteiger partial charge in [0.15, 0.2) is 0 Å². The van der Waals surface area contributed by atoms with Crippen LogP contribution in [0.2, 0.25) is 0 Å². The highest BCUT2D eigenvalue weighted by atomic mass is 15.2. The second kappa shape index (κ2) is 14.2. The summed E-state index contributed by atoms with van der Waals surface area (Å²) in [5.74, 6) is 0. The summed E-state index contributed by atoms with van der Waals surface area (Å²) in [6, 6.07) is 47.4. The van der Waals surface area contributed by atoms with Crippen molar-refractivity contribution in [2.24, 2.45) is 0 Å². The Morgan fingerprint density at radius 2 is 0.750 bits per heavy atom. The third kappa shape index (κ3) is 6.58. The van der Waals surface area contributed by atoms with E-state index in [1.807, 2.05) is 0 Å². The zero-order chi connectivity index (χ0) is 42.6. The van der Waals surface area contributed by atoms with E-state index in [0.29, 0.717) is 0 Å². The molecule has 0 saturated heterocycles. The molecular formula is C57H59BN2. The van der Waals surface area contributed by atoms with E-state index in [0.717, 1.165) is 0 Å². The van der Waals surface area contributed by atoms with Gasteiger partial charge in [0.25, 0.3) is 6.71 Å². The normalized spacial score (nSPS) is 13.3. The van der Waals surface area contributed by atoms with Gasteiger partial charge >= 0.3 is 0 Å². The van der Waals surface area contributed by atoms with Gasteiger partial charge in [0.1, 0.15) is 0 Å². The molecule has 7 aromatic rings. The van der Waals surface area contributed by atoms with Crippen molar-refractivity contribution in [3.05, 3.63) is 171 Å². The van der Waals surface area contributed by atoms with Gasteiger partial charge in [-0.05, 0) is 185 Å². The third-order valence-electron chi connectivity index (χ3n) is 13.1. The van der Waals surface area contributed by atoms with Gasteiger partial charge in [-0.25, -0.2) is 0 Å². The first-order valence-electron chi connectivity index (χ1n) is 21.8. The minimum Gasteiger partial charge on any atom is -0.311 e. The van der Waals surface area contributed by atoms with Crippen LogP contribution in [0, 0.1) is 48.5 Å². The molecule has 2 aliphatic heterocycles. The molecule has 0 atom stereocenters. The number of aryl methyl sites for hydroxylation is 7. The average molecular weight is 783 g/mol. The molecule has 3 heteroatoms. The van der Waals surface area contributed by atoms with Crippen molar-refractivity contribution in [2.75, 3.05) is 9.80 Å². The molecule has 0 unspecified atom stereocenters. The maximum Gasteiger partial charge on any atom is 0.252 e. The van der Waals surface area contributed by atoms with Crippen molar-refractivity contribution in [3.8, 4) is 22.3 Å². The smallest absolute Gasteiger partial charge is 0.252 e. The van der Waals surface area contributed by atoms with E-state index in [1.54, 1.807) is 0 Å². The topological polar surface area (TPSA) is 6.48 Å². The monoisotopic (exact) mass is 782 g/mol. The van der Waals surface area contributed by atoms with Crippen LogP contribution in [0.25, 0.3) is 22.3 Å². The highest BCUT2D eigenvalue weighted by Crippen LogP contribution is 2.47. The SMILES string of the molecule is Cc1cc(C)c(-c2ccc3c(c2)N(c2cccc(C(C)(C)C)c2)c2cc(C)cc4c2B3c2ccc(-c3c(C)cc(C)cc3C)cc2N4c2cccc(C(C)(C)C)c2)c(C)c1. The molecule has 60 heavy (non-hydrogen) atoms. The maximum atomic E-state index is 2.58. The van der Waals surface area contributed by atoms with Crippen molar-refractivity contribution >= 4 is 57.2 Å². The minimum absolute atomic E-state index is 0.000835. The standard InChI is InChI=1S/C57H59BN2/c1-34-24-37(4)53(38(5)25-34)41-20-22-47-49(30-41)59(45-18-14-16-43(32-45)56(8,9)10)51-28-36(3)29-52-55(51)58(47)48-23-21-42(54-39(6)26-35(2)27-40(54)7)31-50(48)60(52)46-19-15-17-44(33-46)57(11,12)13/h14-33H,1-13H3. The number of hydrogen-bond acceptors (Lipinski definition) is 2. The highest BCUT2D eigenvalue weighted by Gasteiger charge is 2.44. The molecule has 7 aromatic carbocycles. The molecule has 0 N–H and O–H groups in total. The third-order valence-corrected chi connectivity index (χ3v) is 13.1. The lowest BCUT2D eigenvalue weighted by Gasteiger charge is -2.45. The summed E-state index contributed by atoms with van der Waals surface area (Å²) in [5, 5.41) is 0. The first-order chi connectivity index (χ1) is 28.4. The van der Waals surface area contributed by atoms with E-state index >= 15 is 0 Å². The number of hydrogen-bond donors (Lipinski definition) is 0. The molecule has 2 aliphatic rings. The van der Waals surface area contributed by atoms with Gasteiger partial charge in [0, 0.05) is 34.1 Å². The first-order valence-corrected chi connectivity index (χ1v) is 21.8. The minimum atomic E-state index is 0.000835. The van der Waals surface area contributed by atoms with Crippen LogP contribution >= 0.6 is 0 Å². The molecule has 0 spiro atoms. The van der Waals surface area contributed by atoms with Crippen LogP contribution < -0.4 is 26.2 Å². The largest absolute Gasteiger partial charge is 0.311 e. The molecule has 0 bridgehead atoms. The number of rotatable bonds is 4. The summed E-state index contributed by atoms with van der Waals surface area (Å²) >= 11 is 0. The highest BCUT2D eigenvalue weighted by molar-refractivity contribution is 7.00. The predicted octanol–water partition coefficient (Wildman–Crippen LogP) is 13.9. The van der Waals surface area contributed by atoms with Crippen molar-refractivity contribution in [1.82, 2.24) is 0 Å². The lowest BCUT2D eigenvalue weighted by molar-refractivity contribution is 0.590. The molecular weight excluding hydrogens is 723 g/mol. The molecule has 0 amide bonds. The summed E-state index contributed by atoms with van der Waals surface area (Å²) in [7, 11) is 0. The molecule has 0 aliphatic carbocycles. The Balaban J connectivity index is 1.38. The van der Waals surface area contributed by atoms with E-state index in [-0.39, 0.29) is 17.5 Å². The lowest BCUT2D eigenvalue weighted by atomic mass is 9.33. The van der Waals surface area contributed by atoms with Crippen molar-refractivity contribution in [3.63, 3.8) is 0 Å². The van der Waals surface area contributed by atoms with Gasteiger partial charge in [-0.3, -0.25) is 0 Å². The van der Waals surface area contributed by atoms with Gasteiger partial charge in [-0.1, -0.05) is 125 Å². The molecule has 9 rings (SSSR count). The van der Waals surface area contributed by atoms with Gasteiger partial charge in [-0.2, -0.15) is 0 Å². The summed E-state index contributed by atoms with van der Waals surface area (Å²) in [6.45, 7) is 29.7. The van der Waals surface area contributed by atoms with Crippen LogP contribution in [0.4, 0.5) is 34.1 Å². The fourth-order valence-electron chi connectivity index (χ4n) is 10.5. The van der Waals surface area contributed by atoms with E-state index in [1.165, 1.54) is 123 Å². The van der Waals surface area contributed by atoms with Crippen LogP contribution in [0.3, 0.4) is 0 Å². The Bertz CT molecular complexity index is 2640. The van der Waals surface area contributed by atoms with E-state index < -0.39 is 0 Å². The van der Waals surface area contributed by atoms with E-state index in [2.05, 4.69) is 221 Å². The Hall–Kier alpha value is -5.80. The fourth-order valence-corrected chi connectivity index (χ4v) is 10.5. The molecule has 0 aromatic heterocycles. The summed E-state index contributed by atoms with van der Waals surface area (Å²) in [6.07, 6.45) is 0. The van der Waals surface area contributed by atoms with Gasteiger partial charge in [-0.15, -0.1) is 0 Å². The molecule has 0 fully saturated rings. The molecule has 2 nitrogen and oxygen atoms in total. The number of fused-ring (bicyclic) bond motifs is 4. The Labute approximate surface area is 360 Å². The van der Waals surface area contributed by atoms with Crippen molar-refractivity contribution in [1.29, 1.82) is 0 Å².